The first-order chi connectivity index (χ1) is 12.4. The fourth-order valence-corrected chi connectivity index (χ4v) is 5.65. The molecule has 5 rings (SSSR count). The third-order valence-corrected chi connectivity index (χ3v) is 6.98. The normalized spacial score (nSPS) is 22.6. The lowest BCUT2D eigenvalue weighted by atomic mass is 9.91. The molecule has 2 atom stereocenters. The van der Waals surface area contributed by atoms with Gasteiger partial charge in [-0.1, -0.05) is 0 Å². The van der Waals surface area contributed by atoms with Gasteiger partial charge in [-0.3, -0.25) is 0 Å². The molecule has 0 amide bonds. The second kappa shape index (κ2) is 6.04. The van der Waals surface area contributed by atoms with Crippen LogP contribution >= 0.6 is 0 Å². The first-order valence-corrected chi connectivity index (χ1v) is 9.93. The number of fused-ring (bicyclic) bond motifs is 2. The van der Waals surface area contributed by atoms with Crippen LogP contribution in [0.2, 0.25) is 0 Å². The van der Waals surface area contributed by atoms with Crippen molar-refractivity contribution in [3.63, 3.8) is 0 Å². The van der Waals surface area contributed by atoms with Gasteiger partial charge >= 0.3 is 0 Å². The molecule has 3 aliphatic rings. The molecule has 3 saturated heterocycles. The summed E-state index contributed by atoms with van der Waals surface area (Å²) in [4.78, 5) is 11.2. The number of nitriles is 1. The summed E-state index contributed by atoms with van der Waals surface area (Å²) in [5, 5.41) is 8.88. The topological polar surface area (TPSA) is 90.2 Å². The second-order valence-corrected chi connectivity index (χ2v) is 8.68. The van der Waals surface area contributed by atoms with Crippen LogP contribution in [-0.2, 0) is 10.0 Å². The number of hydrogen-bond acceptors (Lipinski definition) is 6. The number of piperidine rings is 1. The number of hydrogen-bond donors (Lipinski definition) is 0. The molecule has 1 aromatic carbocycles. The number of aryl methyl sites for hydroxylation is 2. The van der Waals surface area contributed by atoms with Crippen molar-refractivity contribution < 1.29 is 8.42 Å². The van der Waals surface area contributed by atoms with E-state index in [1.54, 1.807) is 16.4 Å². The Kier molecular flexibility index (Phi) is 3.93. The second-order valence-electron chi connectivity index (χ2n) is 6.83. The van der Waals surface area contributed by atoms with Crippen LogP contribution in [0.15, 0.2) is 35.2 Å². The molecule has 1 aromatic heterocycles. The highest BCUT2D eigenvalue weighted by Crippen LogP contribution is 2.38. The summed E-state index contributed by atoms with van der Waals surface area (Å²) >= 11 is 0. The Morgan fingerprint density at radius 1 is 1.12 bits per heavy atom. The number of aromatic nitrogens is 2. The zero-order chi connectivity index (χ0) is 18.5. The lowest BCUT2D eigenvalue weighted by molar-refractivity contribution is 0.0874. The molecule has 0 N–H and O–H groups in total. The molecule has 3 aliphatic heterocycles. The highest BCUT2D eigenvalue weighted by molar-refractivity contribution is 7.89. The Hall–Kier alpha value is -2.50. The van der Waals surface area contributed by atoms with Crippen molar-refractivity contribution in [1.82, 2.24) is 14.3 Å². The van der Waals surface area contributed by atoms with Crippen molar-refractivity contribution in [2.45, 2.75) is 37.2 Å². The molecule has 3 fully saturated rings. The summed E-state index contributed by atoms with van der Waals surface area (Å²) in [5.41, 5.74) is 1.36. The smallest absolute Gasteiger partial charge is 0.243 e. The zero-order valence-electron chi connectivity index (χ0n) is 14.6. The van der Waals surface area contributed by atoms with Gasteiger partial charge in [-0.15, -0.1) is 0 Å². The predicted molar refractivity (Wildman–Crippen MR) is 96.1 cm³/mol. The van der Waals surface area contributed by atoms with Crippen molar-refractivity contribution >= 4 is 15.8 Å². The van der Waals surface area contributed by atoms with Crippen LogP contribution in [0.5, 0.6) is 0 Å². The van der Waals surface area contributed by atoms with E-state index in [2.05, 4.69) is 14.9 Å². The minimum absolute atomic E-state index is 0.0510. The maximum Gasteiger partial charge on any atom is 0.243 e. The first kappa shape index (κ1) is 16.9. The third kappa shape index (κ3) is 2.73. The highest BCUT2D eigenvalue weighted by Gasteiger charge is 2.51. The fourth-order valence-electron chi connectivity index (χ4n) is 3.84. The van der Waals surface area contributed by atoms with E-state index in [9.17, 15) is 8.42 Å². The van der Waals surface area contributed by atoms with Crippen molar-refractivity contribution in [3.8, 4) is 6.07 Å². The maximum atomic E-state index is 13.0. The Balaban J connectivity index is 1.56. The molecule has 0 spiro atoms. The molecule has 134 valence electrons. The van der Waals surface area contributed by atoms with Gasteiger partial charge in [0, 0.05) is 36.9 Å². The Morgan fingerprint density at radius 2 is 1.77 bits per heavy atom. The van der Waals surface area contributed by atoms with Crippen LogP contribution in [0, 0.1) is 25.2 Å². The lowest BCUT2D eigenvalue weighted by Gasteiger charge is -2.55. The van der Waals surface area contributed by atoms with Crippen LogP contribution in [-0.4, -0.2) is 47.9 Å². The monoisotopic (exact) mass is 369 g/mol. The van der Waals surface area contributed by atoms with Crippen LogP contribution in [0.1, 0.15) is 23.5 Å². The summed E-state index contributed by atoms with van der Waals surface area (Å²) in [6, 6.07) is 9.96. The molecule has 4 heterocycles. The van der Waals surface area contributed by atoms with Crippen molar-refractivity contribution in [2.75, 3.05) is 18.0 Å². The van der Waals surface area contributed by atoms with Crippen LogP contribution in [0.25, 0.3) is 0 Å². The van der Waals surface area contributed by atoms with Gasteiger partial charge in [0.1, 0.15) is 11.6 Å². The third-order valence-electron chi connectivity index (χ3n) is 4.96. The van der Waals surface area contributed by atoms with E-state index in [-0.39, 0.29) is 17.0 Å². The molecule has 8 heteroatoms. The number of sulfonamides is 1. The van der Waals surface area contributed by atoms with Gasteiger partial charge in [-0.2, -0.15) is 9.57 Å². The van der Waals surface area contributed by atoms with Gasteiger partial charge in [-0.05, 0) is 44.5 Å². The average molecular weight is 369 g/mol. The Labute approximate surface area is 153 Å². The number of piperazine rings is 1. The van der Waals surface area contributed by atoms with Crippen LogP contribution in [0.4, 0.5) is 5.82 Å². The van der Waals surface area contributed by atoms with E-state index >= 15 is 0 Å². The van der Waals surface area contributed by atoms with Crippen molar-refractivity contribution in [1.29, 1.82) is 5.26 Å². The highest BCUT2D eigenvalue weighted by atomic mass is 32.2. The summed E-state index contributed by atoms with van der Waals surface area (Å²) in [5.74, 6) is 1.58. The summed E-state index contributed by atoms with van der Waals surface area (Å²) in [6.07, 6.45) is 0.870. The van der Waals surface area contributed by atoms with E-state index in [1.165, 1.54) is 12.1 Å². The van der Waals surface area contributed by atoms with Gasteiger partial charge in [0.15, 0.2) is 0 Å². The SMILES string of the molecule is Cc1cc(N2CC3CC(C2)N3S(=O)(=O)c2ccc(C#N)cc2)nc(C)n1. The first-order valence-electron chi connectivity index (χ1n) is 8.49. The average Bonchev–Trinajstić information content (AvgIpc) is 2.60. The van der Waals surface area contributed by atoms with Crippen molar-refractivity contribution in [2.24, 2.45) is 0 Å². The number of nitrogens with zero attached hydrogens (tertiary/aromatic N) is 5. The predicted octanol–water partition coefficient (Wildman–Crippen LogP) is 1.62. The van der Waals surface area contributed by atoms with E-state index in [4.69, 9.17) is 5.26 Å². The van der Waals surface area contributed by atoms with Crippen LogP contribution < -0.4 is 4.90 Å². The summed E-state index contributed by atoms with van der Waals surface area (Å²) in [6.45, 7) is 5.05. The van der Waals surface area contributed by atoms with E-state index in [0.717, 1.165) is 23.8 Å². The number of rotatable bonds is 3. The standard InChI is InChI=1S/C18H19N5O2S/c1-12-7-18(21-13(2)20-12)22-10-15-8-16(11-22)23(15)26(24,25)17-5-3-14(9-19)4-6-17/h3-7,15-16H,8,10-11H2,1-2H3. The molecule has 2 aromatic rings. The molecule has 2 bridgehead atoms. The molecular formula is C18H19N5O2S. The molecule has 0 saturated carbocycles. The van der Waals surface area contributed by atoms with Gasteiger partial charge < -0.3 is 4.90 Å². The Bertz CT molecular complexity index is 965. The molecular weight excluding hydrogens is 350 g/mol. The van der Waals surface area contributed by atoms with Gasteiger partial charge in [-0.25, -0.2) is 18.4 Å². The molecule has 7 nitrogen and oxygen atoms in total. The summed E-state index contributed by atoms with van der Waals surface area (Å²) < 4.78 is 27.6. The molecule has 2 unspecified atom stereocenters. The van der Waals surface area contributed by atoms with E-state index in [0.29, 0.717) is 18.7 Å². The zero-order valence-corrected chi connectivity index (χ0v) is 15.4. The lowest BCUT2D eigenvalue weighted by Crippen LogP contribution is -2.70. The number of benzene rings is 1. The largest absolute Gasteiger partial charge is 0.353 e. The minimum atomic E-state index is -3.54. The molecule has 0 aliphatic carbocycles. The maximum absolute atomic E-state index is 13.0. The number of anilines is 1. The van der Waals surface area contributed by atoms with Gasteiger partial charge in [0.25, 0.3) is 0 Å². The fraction of sp³-hybridized carbons (Fsp3) is 0.389. The van der Waals surface area contributed by atoms with Gasteiger partial charge in [0.05, 0.1) is 16.5 Å². The van der Waals surface area contributed by atoms with E-state index < -0.39 is 10.0 Å². The summed E-state index contributed by atoms with van der Waals surface area (Å²) in [7, 11) is -3.54. The quantitative estimate of drug-likeness (QED) is 0.817. The Morgan fingerprint density at radius 3 is 2.35 bits per heavy atom. The minimum Gasteiger partial charge on any atom is -0.353 e. The van der Waals surface area contributed by atoms with Crippen molar-refractivity contribution in [3.05, 3.63) is 47.4 Å². The van der Waals surface area contributed by atoms with Crippen LogP contribution in [0.3, 0.4) is 0 Å². The van der Waals surface area contributed by atoms with E-state index in [1.807, 2.05) is 26.0 Å². The van der Waals surface area contributed by atoms with Gasteiger partial charge in [0.2, 0.25) is 10.0 Å². The molecule has 26 heavy (non-hydrogen) atoms. The molecule has 0 radical (unpaired) electrons.